The maximum absolute atomic E-state index is 12.7. The van der Waals surface area contributed by atoms with Gasteiger partial charge < -0.3 is 4.90 Å². The lowest BCUT2D eigenvalue weighted by molar-refractivity contribution is 0.495. The number of nitrogens with zero attached hydrogens (tertiary/aromatic N) is 2. The number of hydrogen-bond acceptors (Lipinski definition) is 4. The smallest absolute Gasteiger partial charge is 0.305 e. The number of anilines is 1. The third-order valence-corrected chi connectivity index (χ3v) is 4.08. The number of pyridine rings is 1. The van der Waals surface area contributed by atoms with Crippen LogP contribution in [0.5, 0.6) is 0 Å². The lowest BCUT2D eigenvalue weighted by Gasteiger charge is -2.30. The first-order valence-corrected chi connectivity index (χ1v) is 6.61. The van der Waals surface area contributed by atoms with Gasteiger partial charge in [0, 0.05) is 19.3 Å². The summed E-state index contributed by atoms with van der Waals surface area (Å²) in [7, 11) is -4.38. The normalized spacial score (nSPS) is 18.7. The van der Waals surface area contributed by atoms with Crippen molar-refractivity contribution in [2.24, 2.45) is 0 Å². The summed E-state index contributed by atoms with van der Waals surface area (Å²) in [4.78, 5) is 6.15. The number of halogens is 1. The van der Waals surface area contributed by atoms with Crippen LogP contribution in [0, 0.1) is 0 Å². The van der Waals surface area contributed by atoms with Gasteiger partial charge in [-0.1, -0.05) is 6.07 Å². The average molecular weight is 244 g/mol. The molecule has 0 saturated carbocycles. The zero-order valence-electron chi connectivity index (χ0n) is 8.71. The minimum absolute atomic E-state index is 0.329. The molecule has 1 fully saturated rings. The third-order valence-electron chi connectivity index (χ3n) is 2.81. The second-order valence-corrected chi connectivity index (χ2v) is 5.47. The van der Waals surface area contributed by atoms with E-state index in [1.807, 2.05) is 23.1 Å². The topological polar surface area (TPSA) is 50.3 Å². The molecular formula is C10H13FN2O2S. The minimum atomic E-state index is -4.38. The van der Waals surface area contributed by atoms with E-state index >= 15 is 0 Å². The number of hydrogen-bond donors (Lipinski definition) is 0. The van der Waals surface area contributed by atoms with Crippen LogP contribution in [0.1, 0.15) is 12.8 Å². The van der Waals surface area contributed by atoms with E-state index < -0.39 is 15.5 Å². The molecule has 1 saturated heterocycles. The van der Waals surface area contributed by atoms with Crippen molar-refractivity contribution >= 4 is 16.0 Å². The van der Waals surface area contributed by atoms with Gasteiger partial charge in [0.15, 0.2) is 0 Å². The molecule has 0 aliphatic carbocycles. The Labute approximate surface area is 94.3 Å². The fourth-order valence-corrected chi connectivity index (χ4v) is 2.68. The van der Waals surface area contributed by atoms with Gasteiger partial charge in [0.2, 0.25) is 0 Å². The van der Waals surface area contributed by atoms with Crippen molar-refractivity contribution in [3.63, 3.8) is 0 Å². The molecule has 2 rings (SSSR count). The fraction of sp³-hybridized carbons (Fsp3) is 0.500. The van der Waals surface area contributed by atoms with Crippen molar-refractivity contribution < 1.29 is 12.3 Å². The summed E-state index contributed by atoms with van der Waals surface area (Å²) >= 11 is 0. The first-order valence-electron chi connectivity index (χ1n) is 5.17. The van der Waals surface area contributed by atoms with Gasteiger partial charge in [-0.05, 0) is 25.0 Å². The Hall–Kier alpha value is -1.17. The molecule has 1 aliphatic rings. The summed E-state index contributed by atoms with van der Waals surface area (Å²) < 4.78 is 34.2. The zero-order valence-corrected chi connectivity index (χ0v) is 9.53. The quantitative estimate of drug-likeness (QED) is 0.737. The molecule has 16 heavy (non-hydrogen) atoms. The summed E-state index contributed by atoms with van der Waals surface area (Å²) in [6.45, 7) is 1.07. The zero-order chi connectivity index (χ0) is 11.6. The highest BCUT2D eigenvalue weighted by Gasteiger charge is 2.29. The Bertz CT molecular complexity index is 441. The summed E-state index contributed by atoms with van der Waals surface area (Å²) in [6, 6.07) is 5.56. The van der Waals surface area contributed by atoms with E-state index in [1.54, 1.807) is 6.20 Å². The van der Waals surface area contributed by atoms with Gasteiger partial charge in [0.1, 0.15) is 5.82 Å². The molecule has 0 radical (unpaired) electrons. The maximum atomic E-state index is 12.7. The summed E-state index contributed by atoms with van der Waals surface area (Å²) in [5.74, 6) is 0.817. The van der Waals surface area contributed by atoms with Crippen LogP contribution in [-0.4, -0.2) is 31.7 Å². The average Bonchev–Trinajstić information content (AvgIpc) is 2.29. The predicted octanol–water partition coefficient (Wildman–Crippen LogP) is 1.35. The lowest BCUT2D eigenvalue weighted by Crippen LogP contribution is -2.38. The van der Waals surface area contributed by atoms with Crippen molar-refractivity contribution in [2.45, 2.75) is 18.1 Å². The fourth-order valence-electron chi connectivity index (χ4n) is 1.91. The van der Waals surface area contributed by atoms with Gasteiger partial charge in [0.05, 0.1) is 5.25 Å². The molecule has 4 nitrogen and oxygen atoms in total. The second kappa shape index (κ2) is 4.37. The van der Waals surface area contributed by atoms with Crippen LogP contribution in [0.25, 0.3) is 0 Å². The SMILES string of the molecule is O=S(=O)(F)C1CCN(c2ccccn2)CC1. The molecule has 0 bridgehead atoms. The van der Waals surface area contributed by atoms with Gasteiger partial charge in [-0.3, -0.25) is 0 Å². The third kappa shape index (κ3) is 2.49. The molecule has 1 aliphatic heterocycles. The van der Waals surface area contributed by atoms with Crippen LogP contribution < -0.4 is 4.90 Å². The molecule has 0 N–H and O–H groups in total. The predicted molar refractivity (Wildman–Crippen MR) is 59.5 cm³/mol. The highest BCUT2D eigenvalue weighted by molar-refractivity contribution is 7.87. The standard InChI is InChI=1S/C10H13FN2O2S/c11-16(14,15)9-4-7-13(8-5-9)10-3-1-2-6-12-10/h1-3,6,9H,4-5,7-8H2. The molecule has 0 atom stereocenters. The van der Waals surface area contributed by atoms with Gasteiger partial charge in [-0.2, -0.15) is 8.42 Å². The van der Waals surface area contributed by atoms with E-state index in [0.717, 1.165) is 5.82 Å². The van der Waals surface area contributed by atoms with E-state index in [2.05, 4.69) is 4.98 Å². The van der Waals surface area contributed by atoms with E-state index in [1.165, 1.54) is 0 Å². The summed E-state index contributed by atoms with van der Waals surface area (Å²) in [5, 5.41) is -0.840. The van der Waals surface area contributed by atoms with Crippen molar-refractivity contribution in [1.29, 1.82) is 0 Å². The highest BCUT2D eigenvalue weighted by Crippen LogP contribution is 2.22. The minimum Gasteiger partial charge on any atom is -0.357 e. The molecule has 2 heterocycles. The van der Waals surface area contributed by atoms with Crippen LogP contribution in [0.4, 0.5) is 9.70 Å². The molecule has 1 aromatic rings. The van der Waals surface area contributed by atoms with Crippen LogP contribution in [0.2, 0.25) is 0 Å². The number of aromatic nitrogens is 1. The molecular weight excluding hydrogens is 231 g/mol. The van der Waals surface area contributed by atoms with Gasteiger partial charge in [0.25, 0.3) is 0 Å². The number of piperidine rings is 1. The Kier molecular flexibility index (Phi) is 3.09. The Morgan fingerprint density at radius 2 is 2.00 bits per heavy atom. The first-order chi connectivity index (χ1) is 7.57. The molecule has 6 heteroatoms. The van der Waals surface area contributed by atoms with Gasteiger partial charge in [-0.25, -0.2) is 4.98 Å². The van der Waals surface area contributed by atoms with E-state index in [0.29, 0.717) is 25.9 Å². The van der Waals surface area contributed by atoms with Crippen molar-refractivity contribution in [1.82, 2.24) is 4.98 Å². The molecule has 1 aromatic heterocycles. The van der Waals surface area contributed by atoms with Crippen LogP contribution >= 0.6 is 0 Å². The Balaban J connectivity index is 2.01. The molecule has 0 unspecified atom stereocenters. The van der Waals surface area contributed by atoms with Crippen LogP contribution in [0.3, 0.4) is 0 Å². The monoisotopic (exact) mass is 244 g/mol. The number of rotatable bonds is 2. The molecule has 0 amide bonds. The Morgan fingerprint density at radius 1 is 1.31 bits per heavy atom. The first kappa shape index (κ1) is 11.3. The van der Waals surface area contributed by atoms with E-state index in [-0.39, 0.29) is 0 Å². The molecule has 88 valence electrons. The van der Waals surface area contributed by atoms with Crippen molar-refractivity contribution in [2.75, 3.05) is 18.0 Å². The maximum Gasteiger partial charge on any atom is 0.305 e. The lowest BCUT2D eigenvalue weighted by atomic mass is 10.1. The largest absolute Gasteiger partial charge is 0.357 e. The summed E-state index contributed by atoms with van der Waals surface area (Å²) in [5.41, 5.74) is 0. The van der Waals surface area contributed by atoms with Gasteiger partial charge >= 0.3 is 10.2 Å². The van der Waals surface area contributed by atoms with Crippen LogP contribution in [-0.2, 0) is 10.2 Å². The van der Waals surface area contributed by atoms with Crippen molar-refractivity contribution in [3.8, 4) is 0 Å². The van der Waals surface area contributed by atoms with Gasteiger partial charge in [-0.15, -0.1) is 3.89 Å². The molecule has 0 spiro atoms. The van der Waals surface area contributed by atoms with Crippen LogP contribution in [0.15, 0.2) is 24.4 Å². The second-order valence-electron chi connectivity index (χ2n) is 3.85. The van der Waals surface area contributed by atoms with E-state index in [9.17, 15) is 12.3 Å². The highest BCUT2D eigenvalue weighted by atomic mass is 32.3. The van der Waals surface area contributed by atoms with Crippen molar-refractivity contribution in [3.05, 3.63) is 24.4 Å². The Morgan fingerprint density at radius 3 is 2.50 bits per heavy atom. The van der Waals surface area contributed by atoms with E-state index in [4.69, 9.17) is 0 Å². The summed E-state index contributed by atoms with van der Waals surface area (Å²) in [6.07, 6.45) is 2.35. The molecule has 0 aromatic carbocycles.